The van der Waals surface area contributed by atoms with Crippen molar-refractivity contribution in [2.24, 2.45) is 5.92 Å². The molecule has 22 heavy (non-hydrogen) atoms. The topological polar surface area (TPSA) is 49.8 Å². The predicted octanol–water partition coefficient (Wildman–Crippen LogP) is 3.13. The highest BCUT2D eigenvalue weighted by atomic mass is 19.4. The molecule has 1 N–H and O–H groups in total. The second kappa shape index (κ2) is 8.03. The van der Waals surface area contributed by atoms with Crippen molar-refractivity contribution < 1.29 is 27.8 Å². The van der Waals surface area contributed by atoms with Gasteiger partial charge >= 0.3 is 12.1 Å². The minimum Gasteiger partial charge on any atom is -0.494 e. The fourth-order valence-corrected chi connectivity index (χ4v) is 1.92. The van der Waals surface area contributed by atoms with Crippen LogP contribution in [0.25, 0.3) is 0 Å². The molecule has 1 rings (SSSR count). The van der Waals surface area contributed by atoms with Crippen molar-refractivity contribution in [3.05, 3.63) is 29.8 Å². The summed E-state index contributed by atoms with van der Waals surface area (Å²) in [5, 5.41) is 8.80. The SMILES string of the molecule is CC(CN(C)CCCOc1cccc(C(F)(F)F)c1)C(=O)O. The van der Waals surface area contributed by atoms with Crippen LogP contribution in [0.15, 0.2) is 24.3 Å². The molecule has 0 saturated heterocycles. The fourth-order valence-electron chi connectivity index (χ4n) is 1.92. The van der Waals surface area contributed by atoms with E-state index in [1.54, 1.807) is 14.0 Å². The normalized spacial score (nSPS) is 13.2. The molecular weight excluding hydrogens is 299 g/mol. The molecular formula is C15H20F3NO3. The molecule has 0 spiro atoms. The Labute approximate surface area is 127 Å². The van der Waals surface area contributed by atoms with Crippen molar-refractivity contribution in [2.45, 2.75) is 19.5 Å². The van der Waals surface area contributed by atoms with Crippen LogP contribution in [0.2, 0.25) is 0 Å². The molecule has 0 aliphatic rings. The quantitative estimate of drug-likeness (QED) is 0.748. The van der Waals surface area contributed by atoms with Crippen molar-refractivity contribution in [1.82, 2.24) is 4.90 Å². The van der Waals surface area contributed by atoms with Gasteiger partial charge in [0.05, 0.1) is 18.1 Å². The lowest BCUT2D eigenvalue weighted by molar-refractivity contribution is -0.141. The molecule has 0 aliphatic heterocycles. The average molecular weight is 319 g/mol. The van der Waals surface area contributed by atoms with E-state index in [0.29, 0.717) is 19.5 Å². The summed E-state index contributed by atoms with van der Waals surface area (Å²) in [6, 6.07) is 4.74. The molecule has 0 bridgehead atoms. The summed E-state index contributed by atoms with van der Waals surface area (Å²) in [5.41, 5.74) is -0.739. The minimum absolute atomic E-state index is 0.177. The lowest BCUT2D eigenvalue weighted by Gasteiger charge is -2.19. The first-order chi connectivity index (χ1) is 10.2. The lowest BCUT2D eigenvalue weighted by atomic mass is 10.2. The van der Waals surface area contributed by atoms with Gasteiger partial charge in [0.2, 0.25) is 0 Å². The smallest absolute Gasteiger partial charge is 0.416 e. The first-order valence-corrected chi connectivity index (χ1v) is 6.91. The van der Waals surface area contributed by atoms with E-state index < -0.39 is 23.6 Å². The molecule has 0 saturated carbocycles. The molecule has 0 heterocycles. The molecule has 1 unspecified atom stereocenters. The second-order valence-electron chi connectivity index (χ2n) is 5.23. The molecule has 4 nitrogen and oxygen atoms in total. The van der Waals surface area contributed by atoms with E-state index in [0.717, 1.165) is 12.1 Å². The van der Waals surface area contributed by atoms with E-state index in [-0.39, 0.29) is 12.4 Å². The van der Waals surface area contributed by atoms with E-state index in [4.69, 9.17) is 9.84 Å². The monoisotopic (exact) mass is 319 g/mol. The third-order valence-corrected chi connectivity index (χ3v) is 3.12. The van der Waals surface area contributed by atoms with Gasteiger partial charge in [-0.05, 0) is 31.7 Å². The number of halogens is 3. The number of carboxylic acids is 1. The number of carbonyl (C=O) groups is 1. The first-order valence-electron chi connectivity index (χ1n) is 6.91. The molecule has 0 aliphatic carbocycles. The fraction of sp³-hybridized carbons (Fsp3) is 0.533. The number of nitrogens with zero attached hydrogens (tertiary/aromatic N) is 1. The number of ether oxygens (including phenoxy) is 1. The number of carboxylic acid groups (broad SMARTS) is 1. The molecule has 124 valence electrons. The van der Waals surface area contributed by atoms with Gasteiger partial charge in [-0.25, -0.2) is 0 Å². The summed E-state index contributed by atoms with van der Waals surface area (Å²) in [5.74, 6) is -1.14. The Bertz CT molecular complexity index is 491. The van der Waals surface area contributed by atoms with Crippen LogP contribution in [0.1, 0.15) is 18.9 Å². The Morgan fingerprint density at radius 3 is 2.68 bits per heavy atom. The van der Waals surface area contributed by atoms with Crippen LogP contribution in [0.3, 0.4) is 0 Å². The average Bonchev–Trinajstić information content (AvgIpc) is 2.43. The number of alkyl halides is 3. The van der Waals surface area contributed by atoms with Crippen LogP contribution in [0.5, 0.6) is 5.75 Å². The van der Waals surface area contributed by atoms with Crippen molar-refractivity contribution in [3.63, 3.8) is 0 Å². The van der Waals surface area contributed by atoms with Gasteiger partial charge in [-0.15, -0.1) is 0 Å². The molecule has 0 radical (unpaired) electrons. The molecule has 7 heteroatoms. The Morgan fingerprint density at radius 2 is 2.09 bits per heavy atom. The van der Waals surface area contributed by atoms with Crippen LogP contribution < -0.4 is 4.74 Å². The first kappa shape index (κ1) is 18.3. The molecule has 0 amide bonds. The number of aliphatic carboxylic acids is 1. The van der Waals surface area contributed by atoms with Gasteiger partial charge in [0.25, 0.3) is 0 Å². The third-order valence-electron chi connectivity index (χ3n) is 3.12. The lowest BCUT2D eigenvalue weighted by Crippen LogP contribution is -2.30. The maximum atomic E-state index is 12.5. The summed E-state index contributed by atoms with van der Waals surface area (Å²) in [7, 11) is 1.80. The molecule has 1 atom stereocenters. The highest BCUT2D eigenvalue weighted by Gasteiger charge is 2.30. The van der Waals surface area contributed by atoms with Gasteiger partial charge in [0.1, 0.15) is 5.75 Å². The van der Waals surface area contributed by atoms with Crippen LogP contribution in [0, 0.1) is 5.92 Å². The summed E-state index contributed by atoms with van der Waals surface area (Å²) < 4.78 is 42.9. The maximum Gasteiger partial charge on any atom is 0.416 e. The standard InChI is InChI=1S/C15H20F3NO3/c1-11(14(20)21)10-19(2)7-4-8-22-13-6-3-5-12(9-13)15(16,17)18/h3,5-6,9,11H,4,7-8,10H2,1-2H3,(H,20,21). The van der Waals surface area contributed by atoms with Crippen LogP contribution in [-0.4, -0.2) is 42.7 Å². The minimum atomic E-state index is -4.38. The van der Waals surface area contributed by atoms with Crippen LogP contribution >= 0.6 is 0 Å². The highest BCUT2D eigenvalue weighted by Crippen LogP contribution is 2.31. The van der Waals surface area contributed by atoms with Gasteiger partial charge in [-0.3, -0.25) is 4.79 Å². The number of rotatable bonds is 8. The van der Waals surface area contributed by atoms with Crippen molar-refractivity contribution in [1.29, 1.82) is 0 Å². The Morgan fingerprint density at radius 1 is 1.41 bits per heavy atom. The van der Waals surface area contributed by atoms with E-state index in [1.807, 2.05) is 4.90 Å². The van der Waals surface area contributed by atoms with Gasteiger partial charge in [0, 0.05) is 13.1 Å². The van der Waals surface area contributed by atoms with Gasteiger partial charge in [-0.1, -0.05) is 13.0 Å². The highest BCUT2D eigenvalue weighted by molar-refractivity contribution is 5.69. The van der Waals surface area contributed by atoms with E-state index in [9.17, 15) is 18.0 Å². The van der Waals surface area contributed by atoms with E-state index >= 15 is 0 Å². The van der Waals surface area contributed by atoms with Crippen molar-refractivity contribution >= 4 is 5.97 Å². The molecule has 1 aromatic carbocycles. The largest absolute Gasteiger partial charge is 0.494 e. The van der Waals surface area contributed by atoms with Crippen molar-refractivity contribution in [3.8, 4) is 5.75 Å². The van der Waals surface area contributed by atoms with Crippen LogP contribution in [0.4, 0.5) is 13.2 Å². The molecule has 0 fully saturated rings. The summed E-state index contributed by atoms with van der Waals surface area (Å²) >= 11 is 0. The zero-order valence-corrected chi connectivity index (χ0v) is 12.6. The van der Waals surface area contributed by atoms with Gasteiger partial charge < -0.3 is 14.7 Å². The summed E-state index contributed by atoms with van der Waals surface area (Å²) in [6.45, 7) is 2.92. The zero-order chi connectivity index (χ0) is 16.8. The number of benzene rings is 1. The van der Waals surface area contributed by atoms with E-state index in [1.165, 1.54) is 12.1 Å². The Balaban J connectivity index is 2.34. The van der Waals surface area contributed by atoms with Crippen molar-refractivity contribution in [2.75, 3.05) is 26.7 Å². The molecule has 1 aromatic rings. The third kappa shape index (κ3) is 6.34. The Kier molecular flexibility index (Phi) is 6.67. The van der Waals surface area contributed by atoms with E-state index in [2.05, 4.69) is 0 Å². The van der Waals surface area contributed by atoms with Gasteiger partial charge in [-0.2, -0.15) is 13.2 Å². The summed E-state index contributed by atoms with van der Waals surface area (Å²) in [4.78, 5) is 12.6. The van der Waals surface area contributed by atoms with Gasteiger partial charge in [0.15, 0.2) is 0 Å². The maximum absolute atomic E-state index is 12.5. The number of hydrogen-bond donors (Lipinski definition) is 1. The second-order valence-corrected chi connectivity index (χ2v) is 5.23. The Hall–Kier alpha value is -1.76. The zero-order valence-electron chi connectivity index (χ0n) is 12.6. The van der Waals surface area contributed by atoms with Crippen LogP contribution in [-0.2, 0) is 11.0 Å². The number of hydrogen-bond acceptors (Lipinski definition) is 3. The predicted molar refractivity (Wildman–Crippen MR) is 75.9 cm³/mol. The molecule has 0 aromatic heterocycles. The summed E-state index contributed by atoms with van der Waals surface area (Å²) in [6.07, 6.45) is -3.79.